The van der Waals surface area contributed by atoms with Gasteiger partial charge in [0.25, 0.3) is 0 Å². The topological polar surface area (TPSA) is 47.4 Å². The summed E-state index contributed by atoms with van der Waals surface area (Å²) in [6.07, 6.45) is 4.95. The van der Waals surface area contributed by atoms with E-state index < -0.39 is 0 Å². The minimum Gasteiger partial charge on any atom is -0.497 e. The van der Waals surface area contributed by atoms with Gasteiger partial charge in [-0.2, -0.15) is 5.10 Å². The Labute approximate surface area is 129 Å². The van der Waals surface area contributed by atoms with Gasteiger partial charge in [-0.3, -0.25) is 4.79 Å². The van der Waals surface area contributed by atoms with Crippen LogP contribution in [-0.2, 0) is 11.2 Å². The average molecular weight is 297 g/mol. The number of hydrogen-bond acceptors (Lipinski definition) is 3. The van der Waals surface area contributed by atoms with Crippen LogP contribution in [-0.4, -0.2) is 33.7 Å². The molecule has 1 amide bonds. The molecule has 1 saturated heterocycles. The smallest absolute Gasteiger partial charge is 0.220 e. The van der Waals surface area contributed by atoms with Gasteiger partial charge in [0, 0.05) is 24.9 Å². The van der Waals surface area contributed by atoms with E-state index in [2.05, 4.69) is 5.10 Å². The monoisotopic (exact) mass is 297 g/mol. The standard InChI is InChI=1S/C17H19N3O2/c1-11(21)19-13-5-8-16(19)15-10-18-20(17(15)9-13)12-3-6-14(22-2)7-4-12/h3-4,6-7,10,13,16H,5,8-9H2,1-2H3/t13-,16+/m0/s1. The van der Waals surface area contributed by atoms with E-state index in [-0.39, 0.29) is 11.9 Å². The van der Waals surface area contributed by atoms with E-state index in [1.165, 1.54) is 11.3 Å². The van der Waals surface area contributed by atoms with Crippen molar-refractivity contribution in [3.05, 3.63) is 41.7 Å². The second kappa shape index (κ2) is 4.87. The van der Waals surface area contributed by atoms with E-state index in [1.54, 1.807) is 14.0 Å². The Morgan fingerprint density at radius 2 is 2.05 bits per heavy atom. The Balaban J connectivity index is 1.74. The summed E-state index contributed by atoms with van der Waals surface area (Å²) in [5.41, 5.74) is 3.49. The first-order chi connectivity index (χ1) is 10.7. The Morgan fingerprint density at radius 1 is 1.27 bits per heavy atom. The van der Waals surface area contributed by atoms with Crippen molar-refractivity contribution >= 4 is 5.91 Å². The number of rotatable bonds is 2. The Kier molecular flexibility index (Phi) is 2.96. The molecule has 4 rings (SSSR count). The Bertz CT molecular complexity index is 720. The number of nitrogens with zero attached hydrogens (tertiary/aromatic N) is 3. The molecule has 0 spiro atoms. The minimum atomic E-state index is 0.176. The third-order valence-electron chi connectivity index (χ3n) is 4.87. The maximum absolute atomic E-state index is 11.9. The van der Waals surface area contributed by atoms with Crippen molar-refractivity contribution in [2.75, 3.05) is 7.11 Å². The van der Waals surface area contributed by atoms with Crippen molar-refractivity contribution in [1.82, 2.24) is 14.7 Å². The quantitative estimate of drug-likeness (QED) is 0.855. The van der Waals surface area contributed by atoms with Gasteiger partial charge >= 0.3 is 0 Å². The van der Waals surface area contributed by atoms with E-state index in [9.17, 15) is 4.79 Å². The van der Waals surface area contributed by atoms with Crippen LogP contribution in [0.3, 0.4) is 0 Å². The lowest BCUT2D eigenvalue weighted by atomic mass is 10.00. The molecule has 2 atom stereocenters. The normalized spacial score (nSPS) is 22.5. The third-order valence-corrected chi connectivity index (χ3v) is 4.87. The number of ether oxygens (including phenoxy) is 1. The second-order valence-electron chi connectivity index (χ2n) is 6.03. The molecule has 2 aliphatic heterocycles. The molecule has 0 saturated carbocycles. The lowest BCUT2D eigenvalue weighted by molar-refractivity contribution is -0.132. The van der Waals surface area contributed by atoms with Crippen LogP contribution in [0.25, 0.3) is 5.69 Å². The maximum Gasteiger partial charge on any atom is 0.220 e. The summed E-state index contributed by atoms with van der Waals surface area (Å²) in [5.74, 6) is 1.02. The van der Waals surface area contributed by atoms with E-state index >= 15 is 0 Å². The molecular weight excluding hydrogens is 278 g/mol. The number of fused-ring (bicyclic) bond motifs is 4. The van der Waals surface area contributed by atoms with Gasteiger partial charge in [-0.05, 0) is 37.1 Å². The first-order valence-electron chi connectivity index (χ1n) is 7.69. The highest BCUT2D eigenvalue weighted by atomic mass is 16.5. The van der Waals surface area contributed by atoms with Gasteiger partial charge in [-0.25, -0.2) is 4.68 Å². The van der Waals surface area contributed by atoms with Crippen LogP contribution in [0.5, 0.6) is 5.75 Å². The Morgan fingerprint density at radius 3 is 2.73 bits per heavy atom. The molecule has 0 unspecified atom stereocenters. The summed E-state index contributed by atoms with van der Waals surface area (Å²) in [4.78, 5) is 13.9. The molecule has 22 heavy (non-hydrogen) atoms. The fourth-order valence-corrected chi connectivity index (χ4v) is 3.90. The van der Waals surface area contributed by atoms with Crippen molar-refractivity contribution in [3.8, 4) is 11.4 Å². The van der Waals surface area contributed by atoms with Gasteiger partial charge in [-0.1, -0.05) is 0 Å². The maximum atomic E-state index is 11.9. The summed E-state index contributed by atoms with van der Waals surface area (Å²) in [7, 11) is 1.67. The van der Waals surface area contributed by atoms with Crippen LogP contribution in [0.15, 0.2) is 30.5 Å². The zero-order valence-corrected chi connectivity index (χ0v) is 12.8. The largest absolute Gasteiger partial charge is 0.497 e. The van der Waals surface area contributed by atoms with Gasteiger partial charge in [0.05, 0.1) is 30.7 Å². The third kappa shape index (κ3) is 1.85. The van der Waals surface area contributed by atoms with E-state index in [0.717, 1.165) is 30.7 Å². The molecule has 114 valence electrons. The molecule has 0 aliphatic carbocycles. The lowest BCUT2D eigenvalue weighted by Gasteiger charge is -2.34. The molecule has 5 nitrogen and oxygen atoms in total. The molecule has 0 radical (unpaired) electrons. The fraction of sp³-hybridized carbons (Fsp3) is 0.412. The predicted octanol–water partition coefficient (Wildman–Crippen LogP) is 2.49. The van der Waals surface area contributed by atoms with E-state index in [4.69, 9.17) is 4.74 Å². The van der Waals surface area contributed by atoms with Gasteiger partial charge in [-0.15, -0.1) is 0 Å². The zero-order chi connectivity index (χ0) is 15.3. The number of hydrogen-bond donors (Lipinski definition) is 0. The number of benzene rings is 1. The number of carbonyl (C=O) groups is 1. The SMILES string of the molecule is COc1ccc(-n2ncc3c2C[C@@H]2CC[C@H]3N2C(C)=O)cc1. The molecule has 1 aromatic heterocycles. The fourth-order valence-electron chi connectivity index (χ4n) is 3.90. The van der Waals surface area contributed by atoms with E-state index in [1.807, 2.05) is 40.0 Å². The van der Waals surface area contributed by atoms with Crippen molar-refractivity contribution in [2.45, 2.75) is 38.3 Å². The van der Waals surface area contributed by atoms with Crippen LogP contribution in [0.1, 0.15) is 37.1 Å². The van der Waals surface area contributed by atoms with Gasteiger partial charge in [0.2, 0.25) is 5.91 Å². The van der Waals surface area contributed by atoms with Gasteiger partial charge < -0.3 is 9.64 Å². The lowest BCUT2D eigenvalue weighted by Crippen LogP contribution is -2.40. The molecule has 0 N–H and O–H groups in total. The van der Waals surface area contributed by atoms with Crippen LogP contribution < -0.4 is 4.74 Å². The zero-order valence-electron chi connectivity index (χ0n) is 12.8. The number of carbonyl (C=O) groups excluding carboxylic acids is 1. The van der Waals surface area contributed by atoms with Crippen molar-refractivity contribution in [1.29, 1.82) is 0 Å². The molecule has 2 aromatic rings. The highest BCUT2D eigenvalue weighted by Gasteiger charge is 2.43. The van der Waals surface area contributed by atoms with Gasteiger partial charge in [0.1, 0.15) is 5.75 Å². The van der Waals surface area contributed by atoms with Crippen molar-refractivity contribution in [3.63, 3.8) is 0 Å². The first-order valence-corrected chi connectivity index (χ1v) is 7.69. The van der Waals surface area contributed by atoms with Crippen LogP contribution in [0.2, 0.25) is 0 Å². The first kappa shape index (κ1) is 13.4. The molecule has 2 bridgehead atoms. The van der Waals surface area contributed by atoms with Crippen LogP contribution >= 0.6 is 0 Å². The Hall–Kier alpha value is -2.30. The number of amides is 1. The summed E-state index contributed by atoms with van der Waals surface area (Å²) < 4.78 is 7.22. The van der Waals surface area contributed by atoms with Crippen LogP contribution in [0, 0.1) is 0 Å². The van der Waals surface area contributed by atoms with Crippen molar-refractivity contribution in [2.24, 2.45) is 0 Å². The molecule has 1 fully saturated rings. The number of aromatic nitrogens is 2. The molecular formula is C17H19N3O2. The predicted molar refractivity (Wildman–Crippen MR) is 82.1 cm³/mol. The minimum absolute atomic E-state index is 0.176. The van der Waals surface area contributed by atoms with Crippen molar-refractivity contribution < 1.29 is 9.53 Å². The summed E-state index contributed by atoms with van der Waals surface area (Å²) in [6, 6.07) is 8.46. The summed E-state index contributed by atoms with van der Waals surface area (Å²) in [6.45, 7) is 1.67. The number of methoxy groups -OCH3 is 1. The molecule has 1 aromatic carbocycles. The average Bonchev–Trinajstić information content (AvgIpc) is 3.09. The summed E-state index contributed by atoms with van der Waals surface area (Å²) >= 11 is 0. The highest BCUT2D eigenvalue weighted by Crippen LogP contribution is 2.44. The second-order valence-corrected chi connectivity index (χ2v) is 6.03. The van der Waals surface area contributed by atoms with E-state index in [0.29, 0.717) is 6.04 Å². The molecule has 2 aliphatic rings. The highest BCUT2D eigenvalue weighted by molar-refractivity contribution is 5.75. The molecule has 3 heterocycles. The van der Waals surface area contributed by atoms with Crippen LogP contribution in [0.4, 0.5) is 0 Å². The summed E-state index contributed by atoms with van der Waals surface area (Å²) in [5, 5.41) is 4.57. The molecule has 5 heteroatoms. The van der Waals surface area contributed by atoms with Gasteiger partial charge in [0.15, 0.2) is 0 Å².